The maximum absolute atomic E-state index is 9.43. The topological polar surface area (TPSA) is 40.5 Å². The number of phenolic OH excluding ortho intramolecular Hbond substituents is 2. The molecule has 23 heavy (non-hydrogen) atoms. The fourth-order valence-corrected chi connectivity index (χ4v) is 2.85. The predicted octanol–water partition coefficient (Wildman–Crippen LogP) is 6.51. The number of rotatable bonds is 13. The van der Waals surface area contributed by atoms with E-state index in [0.29, 0.717) is 0 Å². The van der Waals surface area contributed by atoms with Crippen LogP contribution in [0.3, 0.4) is 0 Å². The Morgan fingerprint density at radius 2 is 1.22 bits per heavy atom. The summed E-state index contributed by atoms with van der Waals surface area (Å²) in [5, 5.41) is 18.9. The Labute approximate surface area is 142 Å². The average Bonchev–Trinajstić information content (AvgIpc) is 2.51. The molecule has 0 aliphatic carbocycles. The molecule has 1 rings (SSSR count). The number of allylic oxidation sites excluding steroid dienone is 2. The lowest BCUT2D eigenvalue weighted by Crippen LogP contribution is -1.86. The molecular formula is C21H34O2. The summed E-state index contributed by atoms with van der Waals surface area (Å²) in [5.74, 6) is 0.308. The monoisotopic (exact) mass is 318 g/mol. The van der Waals surface area contributed by atoms with Gasteiger partial charge in [0.25, 0.3) is 0 Å². The third-order valence-corrected chi connectivity index (χ3v) is 4.19. The molecule has 0 bridgehead atoms. The smallest absolute Gasteiger partial charge is 0.119 e. The number of unbranched alkanes of at least 4 members (excludes halogenated alkanes) is 9. The van der Waals surface area contributed by atoms with Gasteiger partial charge in [-0.15, -0.1) is 0 Å². The molecule has 1 aromatic rings. The normalized spacial score (nSPS) is 11.3. The lowest BCUT2D eigenvalue weighted by molar-refractivity contribution is 0.449. The van der Waals surface area contributed by atoms with E-state index in [4.69, 9.17) is 0 Å². The molecule has 2 N–H and O–H groups in total. The third-order valence-electron chi connectivity index (χ3n) is 4.19. The van der Waals surface area contributed by atoms with Gasteiger partial charge in [0.05, 0.1) is 0 Å². The van der Waals surface area contributed by atoms with Crippen LogP contribution in [-0.2, 0) is 6.42 Å². The largest absolute Gasteiger partial charge is 0.508 e. The van der Waals surface area contributed by atoms with Crippen LogP contribution in [0.25, 0.3) is 0 Å². The van der Waals surface area contributed by atoms with Crippen LogP contribution in [0.5, 0.6) is 11.5 Å². The van der Waals surface area contributed by atoms with Gasteiger partial charge in [0, 0.05) is 6.07 Å². The van der Waals surface area contributed by atoms with Crippen LogP contribution in [0.4, 0.5) is 0 Å². The molecule has 0 aliphatic rings. The van der Waals surface area contributed by atoms with E-state index in [1.54, 1.807) is 12.1 Å². The molecule has 0 saturated heterocycles. The molecule has 2 nitrogen and oxygen atoms in total. The lowest BCUT2D eigenvalue weighted by atomic mass is 10.0. The van der Waals surface area contributed by atoms with Crippen LogP contribution in [0.2, 0.25) is 0 Å². The van der Waals surface area contributed by atoms with Gasteiger partial charge in [0.1, 0.15) is 11.5 Å². The Bertz CT molecular complexity index is 417. The molecule has 0 saturated carbocycles. The van der Waals surface area contributed by atoms with E-state index < -0.39 is 0 Å². The van der Waals surface area contributed by atoms with Gasteiger partial charge in [-0.3, -0.25) is 0 Å². The van der Waals surface area contributed by atoms with Crippen molar-refractivity contribution in [3.8, 4) is 11.5 Å². The molecule has 0 amide bonds. The van der Waals surface area contributed by atoms with Gasteiger partial charge in [-0.25, -0.2) is 0 Å². The van der Waals surface area contributed by atoms with Crippen molar-refractivity contribution < 1.29 is 10.2 Å². The minimum atomic E-state index is 0.154. The number of aromatic hydroxyl groups is 2. The van der Waals surface area contributed by atoms with Crippen molar-refractivity contribution in [1.29, 1.82) is 0 Å². The highest BCUT2D eigenvalue weighted by Crippen LogP contribution is 2.22. The number of aryl methyl sites for hydroxylation is 1. The molecule has 0 aromatic heterocycles. The van der Waals surface area contributed by atoms with Crippen molar-refractivity contribution in [2.24, 2.45) is 0 Å². The Kier molecular flexibility index (Phi) is 11.1. The molecule has 1 aromatic carbocycles. The van der Waals surface area contributed by atoms with Crippen molar-refractivity contribution in [3.63, 3.8) is 0 Å². The van der Waals surface area contributed by atoms with Gasteiger partial charge in [-0.1, -0.05) is 57.6 Å². The highest BCUT2D eigenvalue weighted by molar-refractivity contribution is 5.36. The first kappa shape index (κ1) is 19.6. The highest BCUT2D eigenvalue weighted by atomic mass is 16.3. The maximum atomic E-state index is 9.43. The standard InChI is InChI=1S/C21H34O2/c1-2-3-4-5-6-7-8-9-10-11-12-13-14-15-19-16-20(22)18-21(23)17-19/h7-8,16-18,22-23H,2-6,9-15H2,1H3/b8-7+. The molecule has 0 aliphatic heterocycles. The first-order chi connectivity index (χ1) is 11.2. The highest BCUT2D eigenvalue weighted by Gasteiger charge is 1.99. The summed E-state index contributed by atoms with van der Waals surface area (Å²) in [6.45, 7) is 2.25. The maximum Gasteiger partial charge on any atom is 0.119 e. The average molecular weight is 319 g/mol. The van der Waals surface area contributed by atoms with E-state index in [9.17, 15) is 10.2 Å². The second-order valence-electron chi connectivity index (χ2n) is 6.48. The van der Waals surface area contributed by atoms with E-state index in [1.807, 2.05) is 0 Å². The number of hydrogen-bond donors (Lipinski definition) is 2. The molecule has 2 heteroatoms. The van der Waals surface area contributed by atoms with Crippen LogP contribution in [0, 0.1) is 0 Å². The third kappa shape index (κ3) is 10.8. The number of hydrogen-bond acceptors (Lipinski definition) is 2. The quantitative estimate of drug-likeness (QED) is 0.321. The predicted molar refractivity (Wildman–Crippen MR) is 99.1 cm³/mol. The first-order valence-corrected chi connectivity index (χ1v) is 9.39. The van der Waals surface area contributed by atoms with Gasteiger partial charge in [0.15, 0.2) is 0 Å². The molecule has 0 radical (unpaired) electrons. The molecule has 130 valence electrons. The molecule has 0 heterocycles. The zero-order valence-electron chi connectivity index (χ0n) is 14.8. The van der Waals surface area contributed by atoms with E-state index in [1.165, 1.54) is 70.3 Å². The van der Waals surface area contributed by atoms with E-state index in [-0.39, 0.29) is 11.5 Å². The Balaban J connectivity index is 1.92. The summed E-state index contributed by atoms with van der Waals surface area (Å²) in [5.41, 5.74) is 1.02. The van der Waals surface area contributed by atoms with Gasteiger partial charge >= 0.3 is 0 Å². The van der Waals surface area contributed by atoms with Crippen molar-refractivity contribution in [2.75, 3.05) is 0 Å². The zero-order chi connectivity index (χ0) is 16.8. The lowest BCUT2D eigenvalue weighted by Gasteiger charge is -2.04. The summed E-state index contributed by atoms with van der Waals surface area (Å²) in [4.78, 5) is 0. The van der Waals surface area contributed by atoms with Crippen molar-refractivity contribution in [2.45, 2.75) is 84.0 Å². The Morgan fingerprint density at radius 1 is 0.696 bits per heavy atom. The fourth-order valence-electron chi connectivity index (χ4n) is 2.85. The zero-order valence-corrected chi connectivity index (χ0v) is 14.8. The second-order valence-corrected chi connectivity index (χ2v) is 6.48. The van der Waals surface area contributed by atoms with E-state index in [0.717, 1.165) is 18.4 Å². The minimum Gasteiger partial charge on any atom is -0.508 e. The van der Waals surface area contributed by atoms with Gasteiger partial charge in [0.2, 0.25) is 0 Å². The minimum absolute atomic E-state index is 0.154. The number of benzene rings is 1. The van der Waals surface area contributed by atoms with Crippen LogP contribution >= 0.6 is 0 Å². The summed E-state index contributed by atoms with van der Waals surface area (Å²) in [7, 11) is 0. The summed E-state index contributed by atoms with van der Waals surface area (Å²) in [6, 6.07) is 4.86. The van der Waals surface area contributed by atoms with Crippen LogP contribution < -0.4 is 0 Å². The SMILES string of the molecule is CCCCCC/C=C/CCCCCCCc1cc(O)cc(O)c1. The summed E-state index contributed by atoms with van der Waals surface area (Å²) >= 11 is 0. The molecule has 0 fully saturated rings. The molecule has 0 unspecified atom stereocenters. The molecule has 0 atom stereocenters. The van der Waals surface area contributed by atoms with Gasteiger partial charge < -0.3 is 10.2 Å². The van der Waals surface area contributed by atoms with Crippen molar-refractivity contribution in [3.05, 3.63) is 35.9 Å². The van der Waals surface area contributed by atoms with Crippen LogP contribution in [-0.4, -0.2) is 10.2 Å². The first-order valence-electron chi connectivity index (χ1n) is 9.39. The summed E-state index contributed by atoms with van der Waals surface area (Å²) in [6.07, 6.45) is 19.7. The summed E-state index contributed by atoms with van der Waals surface area (Å²) < 4.78 is 0. The van der Waals surface area contributed by atoms with Gasteiger partial charge in [-0.2, -0.15) is 0 Å². The van der Waals surface area contributed by atoms with Crippen molar-refractivity contribution in [1.82, 2.24) is 0 Å². The van der Waals surface area contributed by atoms with Crippen molar-refractivity contribution >= 4 is 0 Å². The van der Waals surface area contributed by atoms with Crippen LogP contribution in [0.15, 0.2) is 30.4 Å². The molecule has 0 spiro atoms. The molecular weight excluding hydrogens is 284 g/mol. The fraction of sp³-hybridized carbons (Fsp3) is 0.619. The Morgan fingerprint density at radius 3 is 1.83 bits per heavy atom. The van der Waals surface area contributed by atoms with E-state index in [2.05, 4.69) is 19.1 Å². The number of phenols is 2. The second kappa shape index (κ2) is 13.0. The van der Waals surface area contributed by atoms with Crippen LogP contribution in [0.1, 0.15) is 83.1 Å². The van der Waals surface area contributed by atoms with E-state index >= 15 is 0 Å². The Hall–Kier alpha value is -1.44. The van der Waals surface area contributed by atoms with Gasteiger partial charge in [-0.05, 0) is 56.2 Å².